The Bertz CT molecular complexity index is 418. The van der Waals surface area contributed by atoms with Gasteiger partial charge in [0, 0.05) is 7.11 Å². The van der Waals surface area contributed by atoms with E-state index in [1.807, 2.05) is 18.2 Å². The average molecular weight is 257 g/mol. The van der Waals surface area contributed by atoms with Gasteiger partial charge in [-0.25, -0.2) is 9.65 Å². The summed E-state index contributed by atoms with van der Waals surface area (Å²) in [6.07, 6.45) is 0. The van der Waals surface area contributed by atoms with Crippen LogP contribution in [0.4, 0.5) is 0 Å². The molecule has 0 spiro atoms. The maximum Gasteiger partial charge on any atom is 0.458 e. The standard InChI is InChI=1S/C12H20NO3P/c1-12(2,3)10-7-6-8-11(9-10)16-17(14,13-4)15-5/h6-9H,1-5H3,(H,13,14). The largest absolute Gasteiger partial charge is 0.458 e. The van der Waals surface area contributed by atoms with Crippen LogP contribution >= 0.6 is 7.75 Å². The quantitative estimate of drug-likeness (QED) is 0.840. The van der Waals surface area contributed by atoms with Crippen LogP contribution in [-0.2, 0) is 14.5 Å². The molecule has 1 rings (SSSR count). The fraction of sp³-hybridized carbons (Fsp3) is 0.500. The van der Waals surface area contributed by atoms with Crippen LogP contribution in [0.5, 0.6) is 5.75 Å². The third-order valence-electron chi connectivity index (χ3n) is 2.44. The molecule has 4 nitrogen and oxygen atoms in total. The van der Waals surface area contributed by atoms with E-state index in [-0.39, 0.29) is 5.41 Å². The van der Waals surface area contributed by atoms with Gasteiger partial charge in [0.05, 0.1) is 0 Å². The molecule has 0 fully saturated rings. The van der Waals surface area contributed by atoms with Crippen molar-refractivity contribution in [1.29, 1.82) is 0 Å². The predicted octanol–water partition coefficient (Wildman–Crippen LogP) is 3.34. The van der Waals surface area contributed by atoms with E-state index < -0.39 is 7.75 Å². The summed E-state index contributed by atoms with van der Waals surface area (Å²) < 4.78 is 22.1. The lowest BCUT2D eigenvalue weighted by molar-refractivity contribution is 0.313. The molecule has 0 saturated carbocycles. The maximum atomic E-state index is 11.9. The van der Waals surface area contributed by atoms with Crippen molar-refractivity contribution in [1.82, 2.24) is 5.09 Å². The Balaban J connectivity index is 2.98. The van der Waals surface area contributed by atoms with Gasteiger partial charge in [0.2, 0.25) is 0 Å². The van der Waals surface area contributed by atoms with E-state index in [2.05, 4.69) is 25.9 Å². The number of hydrogen-bond donors (Lipinski definition) is 1. The first kappa shape index (κ1) is 14.2. The van der Waals surface area contributed by atoms with Gasteiger partial charge >= 0.3 is 7.75 Å². The van der Waals surface area contributed by atoms with E-state index >= 15 is 0 Å². The maximum absolute atomic E-state index is 11.9. The van der Waals surface area contributed by atoms with E-state index in [0.29, 0.717) is 5.75 Å². The van der Waals surface area contributed by atoms with Gasteiger partial charge in [0.1, 0.15) is 5.75 Å². The van der Waals surface area contributed by atoms with Gasteiger partial charge in [-0.05, 0) is 30.2 Å². The Morgan fingerprint density at radius 3 is 2.41 bits per heavy atom. The Labute approximate surface area is 103 Å². The normalized spacial score (nSPS) is 15.4. The lowest BCUT2D eigenvalue weighted by atomic mass is 9.87. The van der Waals surface area contributed by atoms with Crippen molar-refractivity contribution in [3.8, 4) is 5.75 Å². The highest BCUT2D eigenvalue weighted by molar-refractivity contribution is 7.52. The first-order chi connectivity index (χ1) is 7.80. The molecule has 0 saturated heterocycles. The van der Waals surface area contributed by atoms with Crippen LogP contribution < -0.4 is 9.61 Å². The molecule has 0 aromatic heterocycles. The smallest absolute Gasteiger partial charge is 0.413 e. The molecule has 1 unspecified atom stereocenters. The Morgan fingerprint density at radius 2 is 1.94 bits per heavy atom. The molecular formula is C12H20NO3P. The summed E-state index contributed by atoms with van der Waals surface area (Å²) >= 11 is 0. The van der Waals surface area contributed by atoms with Gasteiger partial charge in [-0.15, -0.1) is 0 Å². The molecule has 0 aliphatic rings. The summed E-state index contributed by atoms with van der Waals surface area (Å²) in [5.41, 5.74) is 1.14. The van der Waals surface area contributed by atoms with Crippen molar-refractivity contribution in [2.45, 2.75) is 26.2 Å². The van der Waals surface area contributed by atoms with Crippen molar-refractivity contribution in [3.63, 3.8) is 0 Å². The highest BCUT2D eigenvalue weighted by atomic mass is 31.2. The van der Waals surface area contributed by atoms with E-state index in [4.69, 9.17) is 9.05 Å². The molecule has 1 N–H and O–H groups in total. The highest BCUT2D eigenvalue weighted by Crippen LogP contribution is 2.43. The zero-order chi connectivity index (χ0) is 13.1. The first-order valence-electron chi connectivity index (χ1n) is 5.46. The number of rotatable bonds is 4. The molecule has 17 heavy (non-hydrogen) atoms. The lowest BCUT2D eigenvalue weighted by Gasteiger charge is -2.21. The van der Waals surface area contributed by atoms with Gasteiger partial charge in [-0.2, -0.15) is 0 Å². The molecule has 0 amide bonds. The Hall–Kier alpha value is -0.830. The zero-order valence-corrected chi connectivity index (χ0v) is 11.9. The molecule has 0 bridgehead atoms. The molecule has 1 atom stereocenters. The molecule has 96 valence electrons. The minimum Gasteiger partial charge on any atom is -0.413 e. The lowest BCUT2D eigenvalue weighted by Crippen LogP contribution is -2.12. The van der Waals surface area contributed by atoms with E-state index in [1.165, 1.54) is 14.2 Å². The third kappa shape index (κ3) is 3.84. The van der Waals surface area contributed by atoms with Gasteiger partial charge in [-0.3, -0.25) is 4.52 Å². The van der Waals surface area contributed by atoms with Crippen LogP contribution in [0.1, 0.15) is 26.3 Å². The van der Waals surface area contributed by atoms with Crippen LogP contribution in [0.2, 0.25) is 0 Å². The zero-order valence-electron chi connectivity index (χ0n) is 11.0. The topological polar surface area (TPSA) is 47.6 Å². The molecule has 1 aromatic rings. The fourth-order valence-electron chi connectivity index (χ4n) is 1.33. The molecule has 1 aromatic carbocycles. The molecule has 5 heteroatoms. The molecule has 0 heterocycles. The van der Waals surface area contributed by atoms with Crippen molar-refractivity contribution in [2.24, 2.45) is 0 Å². The van der Waals surface area contributed by atoms with Crippen molar-refractivity contribution in [3.05, 3.63) is 29.8 Å². The first-order valence-corrected chi connectivity index (χ1v) is 7.00. The highest BCUT2D eigenvalue weighted by Gasteiger charge is 2.22. The molecule has 0 radical (unpaired) electrons. The predicted molar refractivity (Wildman–Crippen MR) is 69.4 cm³/mol. The van der Waals surface area contributed by atoms with Gasteiger partial charge in [0.25, 0.3) is 0 Å². The fourth-order valence-corrected chi connectivity index (χ4v) is 2.07. The average Bonchev–Trinajstić information content (AvgIpc) is 2.28. The molecule has 0 aliphatic heterocycles. The van der Waals surface area contributed by atoms with Crippen molar-refractivity contribution < 1.29 is 13.6 Å². The van der Waals surface area contributed by atoms with Gasteiger partial charge < -0.3 is 4.52 Å². The van der Waals surface area contributed by atoms with Crippen LogP contribution in [0, 0.1) is 0 Å². The second-order valence-electron chi connectivity index (χ2n) is 4.77. The van der Waals surface area contributed by atoms with E-state index in [9.17, 15) is 4.57 Å². The summed E-state index contributed by atoms with van der Waals surface area (Å²) in [7, 11) is -0.334. The summed E-state index contributed by atoms with van der Waals surface area (Å²) in [5, 5.41) is 2.55. The third-order valence-corrected chi connectivity index (χ3v) is 3.92. The number of hydrogen-bond acceptors (Lipinski definition) is 3. The summed E-state index contributed by atoms with van der Waals surface area (Å²) in [5.74, 6) is 0.539. The number of nitrogens with one attached hydrogen (secondary N) is 1. The second-order valence-corrected chi connectivity index (χ2v) is 6.76. The van der Waals surface area contributed by atoms with Gasteiger partial charge in [-0.1, -0.05) is 32.9 Å². The SMILES string of the molecule is CNP(=O)(OC)Oc1cccc(C(C)(C)C)c1. The van der Waals surface area contributed by atoms with Crippen LogP contribution in [-0.4, -0.2) is 14.2 Å². The summed E-state index contributed by atoms with van der Waals surface area (Å²) in [4.78, 5) is 0. The van der Waals surface area contributed by atoms with Crippen LogP contribution in [0.25, 0.3) is 0 Å². The van der Waals surface area contributed by atoms with Crippen LogP contribution in [0.3, 0.4) is 0 Å². The van der Waals surface area contributed by atoms with Crippen molar-refractivity contribution >= 4 is 7.75 Å². The molecule has 0 aliphatic carbocycles. The minimum atomic E-state index is -3.23. The Morgan fingerprint density at radius 1 is 1.29 bits per heavy atom. The van der Waals surface area contributed by atoms with Crippen molar-refractivity contribution in [2.75, 3.05) is 14.2 Å². The van der Waals surface area contributed by atoms with E-state index in [0.717, 1.165) is 5.56 Å². The minimum absolute atomic E-state index is 0.0239. The summed E-state index contributed by atoms with van der Waals surface area (Å²) in [6, 6.07) is 7.54. The second kappa shape index (κ2) is 5.21. The Kier molecular flexibility index (Phi) is 4.36. The van der Waals surface area contributed by atoms with Crippen LogP contribution in [0.15, 0.2) is 24.3 Å². The molecular weight excluding hydrogens is 237 g/mol. The summed E-state index contributed by atoms with van der Waals surface area (Å²) in [6.45, 7) is 6.33. The van der Waals surface area contributed by atoms with E-state index in [1.54, 1.807) is 6.07 Å². The monoisotopic (exact) mass is 257 g/mol. The number of benzene rings is 1. The van der Waals surface area contributed by atoms with Gasteiger partial charge in [0.15, 0.2) is 0 Å².